The number of halogens is 1. The Morgan fingerprint density at radius 2 is 1.72 bits per heavy atom. The van der Waals surface area contributed by atoms with Crippen molar-refractivity contribution in [3.05, 3.63) is 66.0 Å². The molecule has 0 radical (unpaired) electrons. The van der Waals surface area contributed by atoms with Crippen molar-refractivity contribution in [3.63, 3.8) is 0 Å². The predicted octanol–water partition coefficient (Wildman–Crippen LogP) is 4.31. The molecule has 0 saturated carbocycles. The second-order valence-corrected chi connectivity index (χ2v) is 5.94. The van der Waals surface area contributed by atoms with E-state index in [2.05, 4.69) is 24.2 Å². The van der Waals surface area contributed by atoms with Gasteiger partial charge in [-0.25, -0.2) is 0 Å². The summed E-state index contributed by atoms with van der Waals surface area (Å²) < 4.78 is 6.03. The predicted molar refractivity (Wildman–Crippen MR) is 104 cm³/mol. The third-order valence-electron chi connectivity index (χ3n) is 3.71. The second-order valence-electron chi connectivity index (χ2n) is 5.94. The van der Waals surface area contributed by atoms with E-state index in [1.807, 2.05) is 60.7 Å². The standard InChI is InChI=1S/C20H22N2O2.ClH/c1-22(2)13-8-14-23-21-18-15-20(16-9-4-3-5-10-16)24-19-12-7-6-11-17(18)19;/h3-7,9-12,15H,8,13-14H2,1-2H3;1H/b21-18-;. The number of benzene rings is 2. The highest BCUT2D eigenvalue weighted by Gasteiger charge is 2.05. The maximum absolute atomic E-state index is 6.03. The van der Waals surface area contributed by atoms with Gasteiger partial charge in [-0.1, -0.05) is 47.6 Å². The van der Waals surface area contributed by atoms with Crippen molar-refractivity contribution in [3.8, 4) is 11.3 Å². The van der Waals surface area contributed by atoms with Crippen LogP contribution in [0.25, 0.3) is 22.3 Å². The van der Waals surface area contributed by atoms with Gasteiger partial charge in [-0.3, -0.25) is 0 Å². The zero-order valence-corrected chi connectivity index (χ0v) is 15.3. The molecule has 0 aliphatic heterocycles. The Bertz CT molecular complexity index is 860. The Hall–Kier alpha value is -2.30. The molecule has 0 fully saturated rings. The molecule has 0 spiro atoms. The molecule has 132 valence electrons. The normalized spacial score (nSPS) is 11.6. The average Bonchev–Trinajstić information content (AvgIpc) is 2.61. The van der Waals surface area contributed by atoms with Crippen LogP contribution >= 0.6 is 12.4 Å². The lowest BCUT2D eigenvalue weighted by molar-refractivity contribution is 0.125. The highest BCUT2D eigenvalue weighted by molar-refractivity contribution is 5.85. The molecule has 5 heteroatoms. The zero-order valence-electron chi connectivity index (χ0n) is 14.5. The van der Waals surface area contributed by atoms with Crippen LogP contribution in [0.3, 0.4) is 0 Å². The summed E-state index contributed by atoms with van der Waals surface area (Å²) in [5.41, 5.74) is 1.82. The molecule has 0 amide bonds. The Morgan fingerprint density at radius 3 is 2.48 bits per heavy atom. The Kier molecular flexibility index (Phi) is 7.04. The van der Waals surface area contributed by atoms with Crippen LogP contribution in [0.15, 0.2) is 70.2 Å². The van der Waals surface area contributed by atoms with E-state index in [9.17, 15) is 0 Å². The SMILES string of the molecule is CN(C)CCCO/N=c1/cc(-c2ccccc2)oc2ccccc12.Cl. The molecule has 0 bridgehead atoms. The fourth-order valence-electron chi connectivity index (χ4n) is 2.50. The molecule has 0 atom stereocenters. The number of rotatable bonds is 6. The molecule has 4 nitrogen and oxygen atoms in total. The first-order valence-corrected chi connectivity index (χ1v) is 8.13. The van der Waals surface area contributed by atoms with Crippen LogP contribution in [-0.2, 0) is 4.84 Å². The highest BCUT2D eigenvalue weighted by Crippen LogP contribution is 2.21. The third kappa shape index (κ3) is 5.08. The fourth-order valence-corrected chi connectivity index (χ4v) is 2.50. The highest BCUT2D eigenvalue weighted by atomic mass is 35.5. The van der Waals surface area contributed by atoms with E-state index in [1.54, 1.807) is 0 Å². The molecule has 0 unspecified atom stereocenters. The molecular formula is C20H23ClN2O2. The largest absolute Gasteiger partial charge is 0.456 e. The number of hydrogen-bond acceptors (Lipinski definition) is 4. The van der Waals surface area contributed by atoms with Crippen LogP contribution < -0.4 is 5.36 Å². The third-order valence-corrected chi connectivity index (χ3v) is 3.71. The Balaban J connectivity index is 0.00000225. The number of para-hydroxylation sites is 1. The number of hydrogen-bond donors (Lipinski definition) is 0. The first-order valence-electron chi connectivity index (χ1n) is 8.13. The maximum atomic E-state index is 6.03. The smallest absolute Gasteiger partial charge is 0.136 e. The van der Waals surface area contributed by atoms with Gasteiger partial charge in [0.1, 0.15) is 23.3 Å². The minimum absolute atomic E-state index is 0. The summed E-state index contributed by atoms with van der Waals surface area (Å²) in [4.78, 5) is 7.66. The van der Waals surface area contributed by atoms with Crippen LogP contribution in [-0.4, -0.2) is 32.1 Å². The van der Waals surface area contributed by atoms with Crippen molar-refractivity contribution in [2.45, 2.75) is 6.42 Å². The lowest BCUT2D eigenvalue weighted by Crippen LogP contribution is -2.14. The molecule has 0 saturated heterocycles. The van der Waals surface area contributed by atoms with Gasteiger partial charge >= 0.3 is 0 Å². The van der Waals surface area contributed by atoms with E-state index in [4.69, 9.17) is 9.25 Å². The Morgan fingerprint density at radius 1 is 1.00 bits per heavy atom. The van der Waals surface area contributed by atoms with Gasteiger partial charge in [-0.05, 0) is 32.6 Å². The average molecular weight is 359 g/mol. The van der Waals surface area contributed by atoms with E-state index >= 15 is 0 Å². The first-order chi connectivity index (χ1) is 11.7. The molecule has 25 heavy (non-hydrogen) atoms. The van der Waals surface area contributed by atoms with Crippen molar-refractivity contribution in [2.24, 2.45) is 5.16 Å². The van der Waals surface area contributed by atoms with Crippen molar-refractivity contribution in [1.82, 2.24) is 4.90 Å². The molecule has 1 aromatic heterocycles. The zero-order chi connectivity index (χ0) is 16.8. The first kappa shape index (κ1) is 19.0. The minimum Gasteiger partial charge on any atom is -0.456 e. The van der Waals surface area contributed by atoms with Gasteiger partial charge < -0.3 is 14.2 Å². The summed E-state index contributed by atoms with van der Waals surface area (Å²) in [6.45, 7) is 1.58. The van der Waals surface area contributed by atoms with Crippen LogP contribution in [0.5, 0.6) is 0 Å². The van der Waals surface area contributed by atoms with Crippen LogP contribution in [0, 0.1) is 0 Å². The molecule has 3 aromatic rings. The topological polar surface area (TPSA) is 38.0 Å². The lowest BCUT2D eigenvalue weighted by Gasteiger charge is -2.08. The summed E-state index contributed by atoms with van der Waals surface area (Å²) in [5.74, 6) is 0.782. The quantitative estimate of drug-likeness (QED) is 0.487. The van der Waals surface area contributed by atoms with Crippen molar-refractivity contribution in [2.75, 3.05) is 27.2 Å². The van der Waals surface area contributed by atoms with Crippen LogP contribution in [0.4, 0.5) is 0 Å². The molecule has 1 heterocycles. The molecule has 0 aliphatic rings. The van der Waals surface area contributed by atoms with Gasteiger partial charge in [0.25, 0.3) is 0 Å². The molecular weight excluding hydrogens is 336 g/mol. The number of nitrogens with zero attached hydrogens (tertiary/aromatic N) is 2. The number of fused-ring (bicyclic) bond motifs is 1. The van der Waals surface area contributed by atoms with Crippen LogP contribution in [0.2, 0.25) is 0 Å². The van der Waals surface area contributed by atoms with Gasteiger partial charge in [0.15, 0.2) is 0 Å². The summed E-state index contributed by atoms with van der Waals surface area (Å²) in [5, 5.41) is 6.08. The van der Waals surface area contributed by atoms with E-state index in [0.29, 0.717) is 6.61 Å². The minimum atomic E-state index is 0. The van der Waals surface area contributed by atoms with E-state index in [1.165, 1.54) is 0 Å². The maximum Gasteiger partial charge on any atom is 0.136 e. The summed E-state index contributed by atoms with van der Waals surface area (Å²) in [6.07, 6.45) is 0.942. The van der Waals surface area contributed by atoms with E-state index in [0.717, 1.165) is 40.6 Å². The lowest BCUT2D eigenvalue weighted by atomic mass is 10.1. The van der Waals surface area contributed by atoms with Crippen molar-refractivity contribution < 1.29 is 9.25 Å². The Labute approximate surface area is 154 Å². The monoisotopic (exact) mass is 358 g/mol. The molecule has 0 aliphatic carbocycles. The van der Waals surface area contributed by atoms with Gasteiger partial charge in [-0.2, -0.15) is 0 Å². The van der Waals surface area contributed by atoms with E-state index < -0.39 is 0 Å². The summed E-state index contributed by atoms with van der Waals surface area (Å²) in [6, 6.07) is 19.8. The summed E-state index contributed by atoms with van der Waals surface area (Å²) >= 11 is 0. The fraction of sp³-hybridized carbons (Fsp3) is 0.250. The second kappa shape index (κ2) is 9.25. The summed E-state index contributed by atoms with van der Waals surface area (Å²) in [7, 11) is 4.10. The molecule has 0 N–H and O–H groups in total. The van der Waals surface area contributed by atoms with Crippen molar-refractivity contribution >= 4 is 23.4 Å². The van der Waals surface area contributed by atoms with E-state index in [-0.39, 0.29) is 12.4 Å². The van der Waals surface area contributed by atoms with Gasteiger partial charge in [0, 0.05) is 23.6 Å². The molecule has 2 aromatic carbocycles. The van der Waals surface area contributed by atoms with Gasteiger partial charge in [-0.15, -0.1) is 12.4 Å². The van der Waals surface area contributed by atoms with Crippen molar-refractivity contribution in [1.29, 1.82) is 0 Å². The van der Waals surface area contributed by atoms with Crippen LogP contribution in [0.1, 0.15) is 6.42 Å². The van der Waals surface area contributed by atoms with Gasteiger partial charge in [0.05, 0.1) is 0 Å². The van der Waals surface area contributed by atoms with Gasteiger partial charge in [0.2, 0.25) is 0 Å². The molecule has 3 rings (SSSR count).